The number of hydrogen-bond acceptors (Lipinski definition) is 3. The highest BCUT2D eigenvalue weighted by molar-refractivity contribution is 6.08. The highest BCUT2D eigenvalue weighted by atomic mass is 16.1. The zero-order chi connectivity index (χ0) is 16.4. The lowest BCUT2D eigenvalue weighted by atomic mass is 10.2. The molecule has 2 heterocycles. The summed E-state index contributed by atoms with van der Waals surface area (Å²) in [6.45, 7) is 0. The third-order valence-corrected chi connectivity index (χ3v) is 3.78. The lowest BCUT2D eigenvalue weighted by molar-refractivity contribution is 0.102. The number of anilines is 1. The molecule has 1 amide bonds. The molecule has 0 aliphatic heterocycles. The number of hydrogen-bond donors (Lipinski definition) is 2. The molecule has 0 unspecified atom stereocenters. The minimum absolute atomic E-state index is 0.237. The number of para-hydroxylation sites is 1. The van der Waals surface area contributed by atoms with E-state index in [2.05, 4.69) is 20.3 Å². The van der Waals surface area contributed by atoms with Gasteiger partial charge < -0.3 is 10.3 Å². The van der Waals surface area contributed by atoms with Crippen LogP contribution in [0.4, 0.5) is 5.69 Å². The number of fused-ring (bicyclic) bond motifs is 1. The number of aromatic nitrogens is 3. The summed E-state index contributed by atoms with van der Waals surface area (Å²) >= 11 is 0. The summed E-state index contributed by atoms with van der Waals surface area (Å²) in [7, 11) is 0. The van der Waals surface area contributed by atoms with Gasteiger partial charge in [-0.25, -0.2) is 9.97 Å². The molecule has 0 aliphatic carbocycles. The maximum Gasteiger partial charge on any atom is 0.258 e. The zero-order valence-electron chi connectivity index (χ0n) is 12.7. The van der Waals surface area contributed by atoms with E-state index in [4.69, 9.17) is 0 Å². The molecule has 4 aromatic rings. The van der Waals surface area contributed by atoms with E-state index in [1.807, 2.05) is 54.6 Å². The van der Waals surface area contributed by atoms with Crippen LogP contribution in [0.5, 0.6) is 0 Å². The van der Waals surface area contributed by atoms with E-state index in [-0.39, 0.29) is 5.91 Å². The number of rotatable bonds is 3. The molecule has 0 saturated heterocycles. The number of amides is 1. The van der Waals surface area contributed by atoms with Crippen LogP contribution in [-0.4, -0.2) is 20.9 Å². The van der Waals surface area contributed by atoms with E-state index in [1.54, 1.807) is 18.6 Å². The van der Waals surface area contributed by atoms with E-state index < -0.39 is 0 Å². The topological polar surface area (TPSA) is 70.7 Å². The fourth-order valence-electron chi connectivity index (χ4n) is 2.55. The fourth-order valence-corrected chi connectivity index (χ4v) is 2.55. The number of nitrogens with zero attached hydrogens (tertiary/aromatic N) is 2. The Balaban J connectivity index is 1.56. The van der Waals surface area contributed by atoms with E-state index in [0.717, 1.165) is 22.2 Å². The molecule has 2 aromatic carbocycles. The molecule has 0 radical (unpaired) electrons. The largest absolute Gasteiger partial charge is 0.359 e. The number of carbonyl (C=O) groups is 1. The quantitative estimate of drug-likeness (QED) is 0.603. The molecule has 4 rings (SSSR count). The van der Waals surface area contributed by atoms with Crippen molar-refractivity contribution in [2.45, 2.75) is 0 Å². The van der Waals surface area contributed by atoms with E-state index in [1.165, 1.54) is 0 Å². The van der Waals surface area contributed by atoms with Gasteiger partial charge in [0.1, 0.15) is 0 Å². The van der Waals surface area contributed by atoms with Crippen molar-refractivity contribution >= 4 is 22.5 Å². The molecule has 0 fully saturated rings. The van der Waals surface area contributed by atoms with Gasteiger partial charge in [0.05, 0.1) is 11.3 Å². The van der Waals surface area contributed by atoms with Gasteiger partial charge in [0.25, 0.3) is 5.91 Å². The van der Waals surface area contributed by atoms with Crippen LogP contribution >= 0.6 is 0 Å². The van der Waals surface area contributed by atoms with Gasteiger partial charge in [-0.15, -0.1) is 0 Å². The first kappa shape index (κ1) is 14.1. The first-order valence-corrected chi connectivity index (χ1v) is 7.56. The van der Waals surface area contributed by atoms with Gasteiger partial charge >= 0.3 is 0 Å². The molecule has 116 valence electrons. The first-order valence-electron chi connectivity index (χ1n) is 7.56. The third-order valence-electron chi connectivity index (χ3n) is 3.78. The molecular formula is C19H14N4O. The van der Waals surface area contributed by atoms with Gasteiger partial charge in [0.15, 0.2) is 5.82 Å². The van der Waals surface area contributed by atoms with Crippen molar-refractivity contribution in [3.8, 4) is 11.4 Å². The standard InChI is InChI=1S/C19H14N4O/c24-19(23-17-12-20-16-9-5-4-8-15(16)17)14-10-21-18(22-11-14)13-6-2-1-3-7-13/h1-12,20H,(H,23,24). The Morgan fingerprint density at radius 3 is 2.42 bits per heavy atom. The van der Waals surface area contributed by atoms with Crippen LogP contribution in [0, 0.1) is 0 Å². The van der Waals surface area contributed by atoms with E-state index in [0.29, 0.717) is 11.4 Å². The molecule has 0 saturated carbocycles. The normalized spacial score (nSPS) is 10.7. The van der Waals surface area contributed by atoms with Crippen LogP contribution in [0.2, 0.25) is 0 Å². The van der Waals surface area contributed by atoms with Crippen molar-refractivity contribution in [1.82, 2.24) is 15.0 Å². The minimum Gasteiger partial charge on any atom is -0.359 e. The first-order chi connectivity index (χ1) is 11.8. The molecule has 5 heteroatoms. The number of H-pyrrole nitrogens is 1. The Bertz CT molecular complexity index is 991. The van der Waals surface area contributed by atoms with Crippen molar-refractivity contribution in [3.05, 3.63) is 78.8 Å². The maximum atomic E-state index is 12.4. The highest BCUT2D eigenvalue weighted by Crippen LogP contribution is 2.23. The summed E-state index contributed by atoms with van der Waals surface area (Å²) in [5.74, 6) is 0.360. The van der Waals surface area contributed by atoms with Gasteiger partial charge in [-0.3, -0.25) is 4.79 Å². The molecule has 2 aromatic heterocycles. The summed E-state index contributed by atoms with van der Waals surface area (Å²) in [5, 5.41) is 3.86. The van der Waals surface area contributed by atoms with Crippen LogP contribution in [-0.2, 0) is 0 Å². The van der Waals surface area contributed by atoms with Crippen LogP contribution < -0.4 is 5.32 Å². The summed E-state index contributed by atoms with van der Waals surface area (Å²) in [5.41, 5.74) is 3.05. The summed E-state index contributed by atoms with van der Waals surface area (Å²) in [6, 6.07) is 17.4. The van der Waals surface area contributed by atoms with Crippen molar-refractivity contribution in [1.29, 1.82) is 0 Å². The summed E-state index contributed by atoms with van der Waals surface area (Å²) in [6.07, 6.45) is 4.86. The van der Waals surface area contributed by atoms with Crippen molar-refractivity contribution < 1.29 is 4.79 Å². The van der Waals surface area contributed by atoms with Crippen molar-refractivity contribution in [2.24, 2.45) is 0 Å². The average Bonchev–Trinajstić information content (AvgIpc) is 3.06. The van der Waals surface area contributed by atoms with Crippen molar-refractivity contribution in [2.75, 3.05) is 5.32 Å². The Labute approximate surface area is 138 Å². The molecule has 24 heavy (non-hydrogen) atoms. The molecule has 0 atom stereocenters. The van der Waals surface area contributed by atoms with Crippen LogP contribution in [0.3, 0.4) is 0 Å². The Morgan fingerprint density at radius 1 is 0.917 bits per heavy atom. The Hall–Kier alpha value is -3.47. The Kier molecular flexibility index (Phi) is 3.51. The number of carbonyl (C=O) groups excluding carboxylic acids is 1. The second-order valence-corrected chi connectivity index (χ2v) is 5.36. The van der Waals surface area contributed by atoms with Crippen molar-refractivity contribution in [3.63, 3.8) is 0 Å². The Morgan fingerprint density at radius 2 is 1.62 bits per heavy atom. The molecular weight excluding hydrogens is 300 g/mol. The second kappa shape index (κ2) is 5.96. The molecule has 0 aliphatic rings. The molecule has 2 N–H and O–H groups in total. The van der Waals surface area contributed by atoms with E-state index >= 15 is 0 Å². The minimum atomic E-state index is -0.237. The lowest BCUT2D eigenvalue weighted by Gasteiger charge is -2.04. The molecule has 0 bridgehead atoms. The van der Waals surface area contributed by atoms with Gasteiger partial charge in [-0.2, -0.15) is 0 Å². The summed E-state index contributed by atoms with van der Waals surface area (Å²) < 4.78 is 0. The predicted molar refractivity (Wildman–Crippen MR) is 93.7 cm³/mol. The van der Waals surface area contributed by atoms with Gasteiger partial charge in [0.2, 0.25) is 0 Å². The van der Waals surface area contributed by atoms with Crippen LogP contribution in [0.1, 0.15) is 10.4 Å². The highest BCUT2D eigenvalue weighted by Gasteiger charge is 2.11. The van der Waals surface area contributed by atoms with Gasteiger partial charge in [-0.05, 0) is 6.07 Å². The number of benzene rings is 2. The number of aromatic amines is 1. The smallest absolute Gasteiger partial charge is 0.258 e. The average molecular weight is 314 g/mol. The van der Waals surface area contributed by atoms with E-state index in [9.17, 15) is 4.79 Å². The lowest BCUT2D eigenvalue weighted by Crippen LogP contribution is -2.12. The number of nitrogens with one attached hydrogen (secondary N) is 2. The fraction of sp³-hybridized carbons (Fsp3) is 0. The zero-order valence-corrected chi connectivity index (χ0v) is 12.7. The van der Waals surface area contributed by atoms with Gasteiger partial charge in [0, 0.05) is 35.1 Å². The SMILES string of the molecule is O=C(Nc1c[nH]c2ccccc12)c1cnc(-c2ccccc2)nc1. The molecule has 0 spiro atoms. The van der Waals surface area contributed by atoms with Crippen LogP contribution in [0.25, 0.3) is 22.3 Å². The van der Waals surface area contributed by atoms with Gasteiger partial charge in [-0.1, -0.05) is 48.5 Å². The monoisotopic (exact) mass is 314 g/mol. The molecule has 5 nitrogen and oxygen atoms in total. The third kappa shape index (κ3) is 2.63. The summed E-state index contributed by atoms with van der Waals surface area (Å²) in [4.78, 5) is 24.1. The second-order valence-electron chi connectivity index (χ2n) is 5.36. The van der Waals surface area contributed by atoms with Crippen LogP contribution in [0.15, 0.2) is 73.2 Å². The maximum absolute atomic E-state index is 12.4. The predicted octanol–water partition coefficient (Wildman–Crippen LogP) is 3.88.